The molecule has 12 heteroatoms. The van der Waals surface area contributed by atoms with Crippen molar-refractivity contribution >= 4 is 44.6 Å². The molecule has 1 aromatic rings. The Morgan fingerprint density at radius 2 is 1.96 bits per heavy atom. The van der Waals surface area contributed by atoms with Crippen LogP contribution in [0.3, 0.4) is 0 Å². The minimum Gasteiger partial charge on any atom is -0.426 e. The van der Waals surface area contributed by atoms with Crippen LogP contribution in [-0.4, -0.2) is 42.8 Å². The molecule has 134 valence electrons. The predicted molar refractivity (Wildman–Crippen MR) is 84.2 cm³/mol. The minimum absolute atomic E-state index is 0.278. The van der Waals surface area contributed by atoms with Crippen molar-refractivity contribution in [3.8, 4) is 5.75 Å². The number of alkyl halides is 3. The van der Waals surface area contributed by atoms with Crippen LogP contribution in [0.4, 0.5) is 13.2 Å². The number of esters is 1. The highest BCUT2D eigenvalue weighted by Crippen LogP contribution is 2.25. The van der Waals surface area contributed by atoms with E-state index >= 15 is 0 Å². The normalized spacial score (nSPS) is 13.2. The Labute approximate surface area is 148 Å². The predicted octanol–water partition coefficient (Wildman–Crippen LogP) is 1.77. The summed E-state index contributed by atoms with van der Waals surface area (Å²) in [5.74, 6) is -4.13. The van der Waals surface area contributed by atoms with Gasteiger partial charge in [0.2, 0.25) is 0 Å². The van der Waals surface area contributed by atoms with Gasteiger partial charge in [0.25, 0.3) is 16.0 Å². The summed E-state index contributed by atoms with van der Waals surface area (Å²) in [6.07, 6.45) is -5.11. The summed E-state index contributed by atoms with van der Waals surface area (Å²) in [7, 11) is -4.99. The van der Waals surface area contributed by atoms with E-state index in [1.807, 2.05) is 22.6 Å². The van der Waals surface area contributed by atoms with Crippen molar-refractivity contribution in [2.24, 2.45) is 0 Å². The molecule has 0 aliphatic rings. The molecule has 0 heterocycles. The quantitative estimate of drug-likeness (QED) is 0.287. The Morgan fingerprint density at radius 3 is 2.42 bits per heavy atom. The first-order chi connectivity index (χ1) is 10.8. The van der Waals surface area contributed by atoms with Gasteiger partial charge in [0.05, 0.1) is 5.56 Å². The van der Waals surface area contributed by atoms with E-state index < -0.39 is 45.5 Å². The molecule has 2 N–H and O–H groups in total. The van der Waals surface area contributed by atoms with Crippen LogP contribution >= 0.6 is 22.6 Å². The molecule has 0 aliphatic carbocycles. The van der Waals surface area contributed by atoms with Gasteiger partial charge in [0, 0.05) is 10.5 Å². The molecule has 7 nitrogen and oxygen atoms in total. The third-order valence-electron chi connectivity index (χ3n) is 2.52. The molecule has 0 bridgehead atoms. The highest BCUT2D eigenvalue weighted by Gasteiger charge is 2.43. The molecule has 0 fully saturated rings. The molecule has 24 heavy (non-hydrogen) atoms. The van der Waals surface area contributed by atoms with Crippen molar-refractivity contribution < 1.29 is 40.5 Å². The van der Waals surface area contributed by atoms with Crippen LogP contribution in [-0.2, 0) is 14.9 Å². The van der Waals surface area contributed by atoms with Crippen LogP contribution in [0.15, 0.2) is 18.2 Å². The first-order valence-corrected chi connectivity index (χ1v) is 8.79. The second-order valence-electron chi connectivity index (χ2n) is 4.55. The van der Waals surface area contributed by atoms with E-state index in [1.165, 1.54) is 17.4 Å². The van der Waals surface area contributed by atoms with E-state index in [4.69, 9.17) is 9.29 Å². The molecule has 1 amide bonds. The molecule has 1 aromatic carbocycles. The molecular weight excluding hydrogens is 470 g/mol. The van der Waals surface area contributed by atoms with Gasteiger partial charge in [0.15, 0.2) is 0 Å². The Kier molecular flexibility index (Phi) is 6.58. The molecule has 1 unspecified atom stereocenters. The second kappa shape index (κ2) is 7.65. The molecule has 0 saturated heterocycles. The molecule has 0 aliphatic heterocycles. The van der Waals surface area contributed by atoms with Gasteiger partial charge in [-0.05, 0) is 40.8 Å². The second-order valence-corrected chi connectivity index (χ2v) is 7.29. The van der Waals surface area contributed by atoms with Crippen molar-refractivity contribution in [3.05, 3.63) is 27.3 Å². The highest BCUT2D eigenvalue weighted by atomic mass is 127. The van der Waals surface area contributed by atoms with Gasteiger partial charge in [0.1, 0.15) is 17.5 Å². The number of amides is 1. The molecule has 0 aromatic heterocycles. The van der Waals surface area contributed by atoms with Crippen LogP contribution in [0.25, 0.3) is 0 Å². The van der Waals surface area contributed by atoms with Crippen molar-refractivity contribution in [2.45, 2.75) is 19.1 Å². The van der Waals surface area contributed by atoms with Crippen LogP contribution < -0.4 is 10.1 Å². The summed E-state index contributed by atoms with van der Waals surface area (Å²) < 4.78 is 73.8. The molecular formula is C12H11F3INO6S. The third-order valence-corrected chi connectivity index (χ3v) is 3.95. The topological polar surface area (TPSA) is 110 Å². The number of nitrogens with one attached hydrogen (secondary N) is 1. The van der Waals surface area contributed by atoms with Gasteiger partial charge in [-0.3, -0.25) is 14.1 Å². The van der Waals surface area contributed by atoms with Crippen molar-refractivity contribution in [3.63, 3.8) is 0 Å². The van der Waals surface area contributed by atoms with Crippen LogP contribution in [0.1, 0.15) is 17.3 Å². The van der Waals surface area contributed by atoms with E-state index in [1.54, 1.807) is 0 Å². The van der Waals surface area contributed by atoms with Gasteiger partial charge < -0.3 is 10.1 Å². The summed E-state index contributed by atoms with van der Waals surface area (Å²) in [6.45, 7) is 1.04. The lowest BCUT2D eigenvalue weighted by Gasteiger charge is -2.21. The number of ether oxygens (including phenoxy) is 1. The number of carbonyl (C=O) groups is 2. The fraction of sp³-hybridized carbons (Fsp3) is 0.333. The number of halogens is 4. The number of rotatable bonds is 5. The lowest BCUT2D eigenvalue weighted by atomic mass is 10.1. The van der Waals surface area contributed by atoms with E-state index in [9.17, 15) is 31.2 Å². The number of hydrogen-bond acceptors (Lipinski definition) is 5. The van der Waals surface area contributed by atoms with Crippen LogP contribution in [0.2, 0.25) is 0 Å². The lowest BCUT2D eigenvalue weighted by Crippen LogP contribution is -2.49. The smallest absolute Gasteiger partial charge is 0.409 e. The minimum atomic E-state index is -5.11. The first-order valence-electron chi connectivity index (χ1n) is 6.10. The first kappa shape index (κ1) is 20.6. The van der Waals surface area contributed by atoms with Crippen molar-refractivity contribution in [2.75, 3.05) is 5.75 Å². The molecule has 0 radical (unpaired) electrons. The molecule has 0 saturated carbocycles. The van der Waals surface area contributed by atoms with E-state index in [0.29, 0.717) is 3.57 Å². The average molecular weight is 481 g/mol. The maximum atomic E-state index is 12.8. The lowest BCUT2D eigenvalue weighted by molar-refractivity contribution is -0.148. The van der Waals surface area contributed by atoms with Gasteiger partial charge in [-0.2, -0.15) is 21.6 Å². The van der Waals surface area contributed by atoms with Crippen molar-refractivity contribution in [1.82, 2.24) is 5.32 Å². The fourth-order valence-electron chi connectivity index (χ4n) is 1.59. The summed E-state index contributed by atoms with van der Waals surface area (Å²) in [5.41, 5.74) is -0.393. The zero-order chi connectivity index (χ0) is 18.7. The Balaban J connectivity index is 3.14. The largest absolute Gasteiger partial charge is 0.426 e. The average Bonchev–Trinajstić information content (AvgIpc) is 2.34. The Bertz CT molecular complexity index is 750. The maximum absolute atomic E-state index is 12.8. The number of hydrogen-bond donors (Lipinski definition) is 2. The van der Waals surface area contributed by atoms with E-state index in [-0.39, 0.29) is 5.75 Å². The number of benzene rings is 1. The van der Waals surface area contributed by atoms with Gasteiger partial charge in [-0.15, -0.1) is 0 Å². The summed E-state index contributed by atoms with van der Waals surface area (Å²) in [6, 6.07) is 0.927. The maximum Gasteiger partial charge on any atom is 0.409 e. The molecule has 1 rings (SSSR count). The van der Waals surface area contributed by atoms with Crippen molar-refractivity contribution in [1.29, 1.82) is 0 Å². The summed E-state index contributed by atoms with van der Waals surface area (Å²) in [5, 5.41) is 1.47. The number of carbonyl (C=O) groups excluding carboxylic acids is 2. The van der Waals surface area contributed by atoms with Gasteiger partial charge in [-0.1, -0.05) is 0 Å². The summed E-state index contributed by atoms with van der Waals surface area (Å²) in [4.78, 5) is 23.0. The summed E-state index contributed by atoms with van der Waals surface area (Å²) >= 11 is 1.83. The van der Waals surface area contributed by atoms with Gasteiger partial charge in [-0.25, -0.2) is 0 Å². The zero-order valence-electron chi connectivity index (χ0n) is 11.9. The monoisotopic (exact) mass is 481 g/mol. The zero-order valence-corrected chi connectivity index (χ0v) is 14.9. The fourth-order valence-corrected chi connectivity index (χ4v) is 2.74. The Hall–Kier alpha value is -1.41. The highest BCUT2D eigenvalue weighted by molar-refractivity contribution is 14.1. The molecule has 0 spiro atoms. The third kappa shape index (κ3) is 6.60. The molecule has 1 atom stereocenters. The SMILES string of the molecule is CC(=O)Oc1cc(I)ccc1C(=O)NC(CS(=O)(=O)O)C(F)(F)F. The van der Waals surface area contributed by atoms with E-state index in [2.05, 4.69) is 0 Å². The standard InChI is InChI=1S/C12H11F3INO6S/c1-6(18)23-9-4-7(16)2-3-8(9)11(19)17-10(12(13,14)15)5-24(20,21)22/h2-4,10H,5H2,1H3,(H,17,19)(H,20,21,22). The Morgan fingerprint density at radius 1 is 1.38 bits per heavy atom. The van der Waals surface area contributed by atoms with Crippen LogP contribution in [0.5, 0.6) is 5.75 Å². The van der Waals surface area contributed by atoms with E-state index in [0.717, 1.165) is 13.0 Å². The van der Waals surface area contributed by atoms with Gasteiger partial charge >= 0.3 is 12.1 Å². The van der Waals surface area contributed by atoms with Crippen LogP contribution in [0, 0.1) is 3.57 Å².